The molecule has 0 spiro atoms. The minimum absolute atomic E-state index is 0.0872. The highest BCUT2D eigenvalue weighted by Crippen LogP contribution is 2.38. The topological polar surface area (TPSA) is 55.2 Å². The normalized spacial score (nSPS) is 26.3. The lowest BCUT2D eigenvalue weighted by Crippen LogP contribution is -2.33. The van der Waals surface area contributed by atoms with Crippen LogP contribution in [-0.2, 0) is 0 Å². The number of hydrogen-bond acceptors (Lipinski definition) is 3. The Morgan fingerprint density at radius 2 is 1.85 bits per heavy atom. The standard InChI is InChI=1S/C14H18Cl2N2O2/c1-8-3-4-13(9(2)5-8)17-14-11(15)6-10(18(19)20)7-12(14)16/h6-9,13,17H,3-5H2,1-2H3. The summed E-state index contributed by atoms with van der Waals surface area (Å²) in [7, 11) is 0. The van der Waals surface area contributed by atoms with E-state index >= 15 is 0 Å². The summed E-state index contributed by atoms with van der Waals surface area (Å²) in [5, 5.41) is 14.7. The van der Waals surface area contributed by atoms with Gasteiger partial charge in [-0.2, -0.15) is 0 Å². The molecule has 0 saturated heterocycles. The Kier molecular flexibility index (Phi) is 4.76. The van der Waals surface area contributed by atoms with Crippen LogP contribution in [0.3, 0.4) is 0 Å². The van der Waals surface area contributed by atoms with Crippen LogP contribution >= 0.6 is 23.2 Å². The van der Waals surface area contributed by atoms with Gasteiger partial charge in [0.05, 0.1) is 20.7 Å². The number of rotatable bonds is 3. The average molecular weight is 317 g/mol. The fraction of sp³-hybridized carbons (Fsp3) is 0.571. The Bertz CT molecular complexity index is 499. The van der Waals surface area contributed by atoms with Crippen molar-refractivity contribution in [1.29, 1.82) is 0 Å². The largest absolute Gasteiger partial charge is 0.380 e. The van der Waals surface area contributed by atoms with Crippen LogP contribution < -0.4 is 5.32 Å². The molecule has 1 aliphatic rings. The van der Waals surface area contributed by atoms with Crippen molar-refractivity contribution in [2.75, 3.05) is 5.32 Å². The highest BCUT2D eigenvalue weighted by Gasteiger charge is 2.26. The Morgan fingerprint density at radius 1 is 1.25 bits per heavy atom. The minimum atomic E-state index is -0.494. The maximum atomic E-state index is 10.8. The number of nitrogens with one attached hydrogen (secondary N) is 1. The Hall–Kier alpha value is -1.00. The zero-order valence-corrected chi connectivity index (χ0v) is 13.0. The fourth-order valence-corrected chi connectivity index (χ4v) is 3.45. The van der Waals surface area contributed by atoms with Gasteiger partial charge in [0.15, 0.2) is 0 Å². The molecule has 1 aromatic rings. The zero-order valence-electron chi connectivity index (χ0n) is 11.5. The lowest BCUT2D eigenvalue weighted by Gasteiger charge is -2.34. The van der Waals surface area contributed by atoms with E-state index in [0.29, 0.717) is 27.7 Å². The molecule has 0 bridgehead atoms. The van der Waals surface area contributed by atoms with Crippen molar-refractivity contribution in [1.82, 2.24) is 0 Å². The summed E-state index contributed by atoms with van der Waals surface area (Å²) < 4.78 is 0. The second-order valence-corrected chi connectivity index (χ2v) is 6.50. The van der Waals surface area contributed by atoms with Crippen LogP contribution in [0.25, 0.3) is 0 Å². The van der Waals surface area contributed by atoms with Gasteiger partial charge in [-0.05, 0) is 31.1 Å². The Labute approximate surface area is 128 Å². The van der Waals surface area contributed by atoms with E-state index < -0.39 is 4.92 Å². The number of anilines is 1. The predicted octanol–water partition coefficient (Wildman–Crippen LogP) is 5.14. The van der Waals surface area contributed by atoms with Crippen LogP contribution in [0.1, 0.15) is 33.1 Å². The molecule has 2 rings (SSSR count). The monoisotopic (exact) mass is 316 g/mol. The van der Waals surface area contributed by atoms with Crippen molar-refractivity contribution < 1.29 is 4.92 Å². The maximum absolute atomic E-state index is 10.8. The molecule has 3 atom stereocenters. The summed E-state index contributed by atoms with van der Waals surface area (Å²) in [5.74, 6) is 1.27. The second kappa shape index (κ2) is 6.19. The first-order chi connectivity index (χ1) is 9.38. The van der Waals surface area contributed by atoms with E-state index in [1.165, 1.54) is 25.0 Å². The van der Waals surface area contributed by atoms with Gasteiger partial charge in [0.2, 0.25) is 0 Å². The Balaban J connectivity index is 2.19. The summed E-state index contributed by atoms with van der Waals surface area (Å²) >= 11 is 12.2. The number of nitro groups is 1. The summed E-state index contributed by atoms with van der Waals surface area (Å²) in [6.07, 6.45) is 3.40. The first-order valence-electron chi connectivity index (χ1n) is 6.78. The number of halogens is 2. The molecule has 0 amide bonds. The smallest absolute Gasteiger partial charge is 0.272 e. The van der Waals surface area contributed by atoms with Gasteiger partial charge < -0.3 is 5.32 Å². The highest BCUT2D eigenvalue weighted by molar-refractivity contribution is 6.39. The van der Waals surface area contributed by atoms with Gasteiger partial charge in [0.1, 0.15) is 0 Å². The van der Waals surface area contributed by atoms with Gasteiger partial charge in [-0.25, -0.2) is 0 Å². The third kappa shape index (κ3) is 3.36. The van der Waals surface area contributed by atoms with E-state index in [4.69, 9.17) is 23.2 Å². The third-order valence-electron chi connectivity index (χ3n) is 4.00. The molecular weight excluding hydrogens is 299 g/mol. The van der Waals surface area contributed by atoms with Gasteiger partial charge in [-0.1, -0.05) is 37.0 Å². The summed E-state index contributed by atoms with van der Waals surface area (Å²) in [4.78, 5) is 10.3. The van der Waals surface area contributed by atoms with Crippen LogP contribution in [0.2, 0.25) is 10.0 Å². The van der Waals surface area contributed by atoms with Gasteiger partial charge in [-0.3, -0.25) is 10.1 Å². The van der Waals surface area contributed by atoms with Crippen LogP contribution in [0.4, 0.5) is 11.4 Å². The molecule has 4 nitrogen and oxygen atoms in total. The van der Waals surface area contributed by atoms with E-state index in [1.54, 1.807) is 0 Å². The molecule has 1 aromatic carbocycles. The molecule has 1 aliphatic carbocycles. The number of hydrogen-bond donors (Lipinski definition) is 1. The van der Waals surface area contributed by atoms with Crippen LogP contribution in [0, 0.1) is 22.0 Å². The summed E-state index contributed by atoms with van der Waals surface area (Å²) in [6, 6.07) is 2.99. The number of nitrogens with zero attached hydrogens (tertiary/aromatic N) is 1. The molecule has 20 heavy (non-hydrogen) atoms. The molecular formula is C14H18Cl2N2O2. The molecule has 1 saturated carbocycles. The number of benzene rings is 1. The van der Waals surface area contributed by atoms with Gasteiger partial charge in [-0.15, -0.1) is 0 Å². The van der Waals surface area contributed by atoms with E-state index in [2.05, 4.69) is 19.2 Å². The van der Waals surface area contributed by atoms with E-state index in [9.17, 15) is 10.1 Å². The van der Waals surface area contributed by atoms with Crippen LogP contribution in [-0.4, -0.2) is 11.0 Å². The van der Waals surface area contributed by atoms with Crippen molar-refractivity contribution >= 4 is 34.6 Å². The van der Waals surface area contributed by atoms with Crippen molar-refractivity contribution in [2.24, 2.45) is 11.8 Å². The molecule has 0 aromatic heterocycles. The van der Waals surface area contributed by atoms with Crippen LogP contribution in [0.15, 0.2) is 12.1 Å². The maximum Gasteiger partial charge on any atom is 0.272 e. The van der Waals surface area contributed by atoms with E-state index in [-0.39, 0.29) is 5.69 Å². The molecule has 6 heteroatoms. The van der Waals surface area contributed by atoms with E-state index in [1.807, 2.05) is 0 Å². The second-order valence-electron chi connectivity index (χ2n) is 5.69. The lowest BCUT2D eigenvalue weighted by molar-refractivity contribution is -0.384. The molecule has 1 fully saturated rings. The van der Waals surface area contributed by atoms with Crippen molar-refractivity contribution in [3.05, 3.63) is 32.3 Å². The van der Waals surface area contributed by atoms with Crippen LogP contribution in [0.5, 0.6) is 0 Å². The SMILES string of the molecule is CC1CCC(Nc2c(Cl)cc([N+](=O)[O-])cc2Cl)C(C)C1. The Morgan fingerprint density at radius 3 is 2.35 bits per heavy atom. The zero-order chi connectivity index (χ0) is 14.9. The average Bonchev–Trinajstić information content (AvgIpc) is 2.35. The lowest BCUT2D eigenvalue weighted by atomic mass is 9.80. The van der Waals surface area contributed by atoms with Crippen molar-refractivity contribution in [3.63, 3.8) is 0 Å². The number of nitro benzene ring substituents is 1. The fourth-order valence-electron chi connectivity index (χ4n) is 2.87. The molecule has 1 N–H and O–H groups in total. The summed E-state index contributed by atoms with van der Waals surface area (Å²) in [5.41, 5.74) is 0.515. The highest BCUT2D eigenvalue weighted by atomic mass is 35.5. The van der Waals surface area contributed by atoms with Gasteiger partial charge in [0.25, 0.3) is 5.69 Å². The van der Waals surface area contributed by atoms with Crippen molar-refractivity contribution in [2.45, 2.75) is 39.2 Å². The van der Waals surface area contributed by atoms with Gasteiger partial charge >= 0.3 is 0 Å². The minimum Gasteiger partial charge on any atom is -0.380 e. The molecule has 0 heterocycles. The molecule has 0 radical (unpaired) electrons. The first kappa shape index (κ1) is 15.4. The number of non-ortho nitro benzene ring substituents is 1. The van der Waals surface area contributed by atoms with Gasteiger partial charge in [0, 0.05) is 18.2 Å². The summed E-state index contributed by atoms with van der Waals surface area (Å²) in [6.45, 7) is 4.47. The third-order valence-corrected chi connectivity index (χ3v) is 4.60. The molecule has 0 aliphatic heterocycles. The quantitative estimate of drug-likeness (QED) is 0.620. The molecule has 3 unspecified atom stereocenters. The van der Waals surface area contributed by atoms with E-state index in [0.717, 1.165) is 12.3 Å². The first-order valence-corrected chi connectivity index (χ1v) is 7.54. The predicted molar refractivity (Wildman–Crippen MR) is 82.7 cm³/mol. The molecule has 110 valence electrons. The van der Waals surface area contributed by atoms with Crippen molar-refractivity contribution in [3.8, 4) is 0 Å².